The minimum absolute atomic E-state index is 0. The van der Waals surface area contributed by atoms with E-state index in [2.05, 4.69) is 83.4 Å². The van der Waals surface area contributed by atoms with Crippen molar-refractivity contribution in [3.05, 3.63) is 163 Å². The Morgan fingerprint density at radius 2 is 0.741 bits per heavy atom. The molecule has 4 aromatic carbocycles. The van der Waals surface area contributed by atoms with Crippen LogP contribution in [-0.4, -0.2) is 44.8 Å². The van der Waals surface area contributed by atoms with Crippen LogP contribution in [0.15, 0.2) is 152 Å². The molecule has 0 bridgehead atoms. The summed E-state index contributed by atoms with van der Waals surface area (Å²) in [5.74, 6) is 0. The predicted molar refractivity (Wildman–Crippen MR) is 208 cm³/mol. The van der Waals surface area contributed by atoms with E-state index in [1.54, 1.807) is 43.2 Å². The molecular weight excluding hydrogens is 764 g/mol. The number of pyridine rings is 6. The summed E-state index contributed by atoms with van der Waals surface area (Å²) in [6.45, 7) is 0. The number of nitro benzene ring substituents is 1. The van der Waals surface area contributed by atoms with Crippen molar-refractivity contribution in [2.24, 2.45) is 0 Å². The summed E-state index contributed by atoms with van der Waals surface area (Å²) in [6.07, 6.45) is 10.6. The van der Waals surface area contributed by atoms with Crippen LogP contribution in [0.2, 0.25) is 0 Å². The van der Waals surface area contributed by atoms with Crippen molar-refractivity contribution in [1.29, 1.82) is 0 Å². The summed E-state index contributed by atoms with van der Waals surface area (Å²) >= 11 is 0. The average molecular weight is 789 g/mol. The van der Waals surface area contributed by atoms with Crippen LogP contribution in [0, 0.1) is 10.1 Å². The molecule has 0 atom stereocenters. The molecule has 0 N–H and O–H groups in total. The Bertz CT molecular complexity index is 2980. The van der Waals surface area contributed by atoms with Crippen molar-refractivity contribution in [1.82, 2.24) is 39.9 Å². The number of benzene rings is 4. The maximum atomic E-state index is 11.0. The van der Waals surface area contributed by atoms with Crippen LogP contribution >= 0.6 is 0 Å². The SMILES string of the molecule is O=[N+]([O-])c1ccc2nc3c4cccnc4c4ncccc4c3nc2c1.[Ru].c1cnc2c(c1)ccc1cccnc12.c1cnc2c(c1)ccc1cccnc12. The van der Waals surface area contributed by atoms with Gasteiger partial charge in [-0.05, 0) is 54.6 Å². The van der Waals surface area contributed by atoms with Gasteiger partial charge in [0.1, 0.15) is 0 Å². The average Bonchev–Trinajstić information content (AvgIpc) is 3.23. The van der Waals surface area contributed by atoms with Crippen molar-refractivity contribution in [2.45, 2.75) is 0 Å². The number of aromatic nitrogens is 8. The molecule has 0 aliphatic heterocycles. The molecule has 0 unspecified atom stereocenters. The van der Waals surface area contributed by atoms with Gasteiger partial charge in [0.2, 0.25) is 0 Å². The Hall–Kier alpha value is -7.04. The van der Waals surface area contributed by atoms with Gasteiger partial charge >= 0.3 is 0 Å². The number of fused-ring (bicyclic) bond motifs is 13. The summed E-state index contributed by atoms with van der Waals surface area (Å²) in [7, 11) is 0. The number of hydrogen-bond donors (Lipinski definition) is 0. The molecule has 0 amide bonds. The second kappa shape index (κ2) is 14.5. The molecule has 0 aliphatic rings. The van der Waals surface area contributed by atoms with Crippen molar-refractivity contribution < 1.29 is 24.4 Å². The normalized spacial score (nSPS) is 11.0. The Labute approximate surface area is 318 Å². The molecule has 0 saturated heterocycles. The van der Waals surface area contributed by atoms with E-state index in [4.69, 9.17) is 4.98 Å². The van der Waals surface area contributed by atoms with Crippen molar-refractivity contribution in [3.63, 3.8) is 0 Å². The van der Waals surface area contributed by atoms with Crippen LogP contribution in [-0.2, 0) is 19.5 Å². The fourth-order valence-corrected chi connectivity index (χ4v) is 6.46. The van der Waals surface area contributed by atoms with E-state index in [0.717, 1.165) is 65.4 Å². The summed E-state index contributed by atoms with van der Waals surface area (Å²) in [5, 5.41) is 17.3. The number of hydrogen-bond acceptors (Lipinski definition) is 10. The first kappa shape index (κ1) is 34.1. The molecule has 0 radical (unpaired) electrons. The molecule has 0 aliphatic carbocycles. The van der Waals surface area contributed by atoms with Gasteiger partial charge in [0.25, 0.3) is 5.69 Å². The van der Waals surface area contributed by atoms with Gasteiger partial charge < -0.3 is 0 Å². The van der Waals surface area contributed by atoms with Gasteiger partial charge in [-0.25, -0.2) is 9.97 Å². The Balaban J connectivity index is 0.000000122. The first-order chi connectivity index (χ1) is 26.1. The van der Waals surface area contributed by atoms with Crippen LogP contribution in [0.1, 0.15) is 0 Å². The van der Waals surface area contributed by atoms with Crippen LogP contribution in [0.3, 0.4) is 0 Å². The van der Waals surface area contributed by atoms with Gasteiger partial charge in [-0.1, -0.05) is 48.5 Å². The standard InChI is InChI=1S/C18H9N5O2.2C12H8N2.Ru/c24-23(25)10-5-6-13-14(9-10)22-18-12-4-2-8-20-16(12)15-11(17(18)21-13)3-1-7-19-15;2*1-3-9-5-6-10-4-2-8-14-12(10)11(9)13-7-1;/h1-9H;2*1-8H;. The maximum absolute atomic E-state index is 11.0. The molecule has 0 saturated carbocycles. The molecule has 7 heterocycles. The van der Waals surface area contributed by atoms with Gasteiger partial charge in [0.15, 0.2) is 0 Å². The van der Waals surface area contributed by atoms with Gasteiger partial charge in [0.05, 0.1) is 60.1 Å². The number of nitrogens with zero attached hydrogens (tertiary/aromatic N) is 9. The Morgan fingerprint density at radius 3 is 1.13 bits per heavy atom. The van der Waals surface area contributed by atoms with E-state index >= 15 is 0 Å². The molecule has 11 nitrogen and oxygen atoms in total. The third-order valence-electron chi connectivity index (χ3n) is 8.90. The minimum Gasteiger partial charge on any atom is -0.258 e. The monoisotopic (exact) mass is 789 g/mol. The van der Waals surface area contributed by atoms with Gasteiger partial charge in [0, 0.05) is 101 Å². The zero-order valence-corrected chi connectivity index (χ0v) is 29.9. The fraction of sp³-hybridized carbons (Fsp3) is 0. The quantitative estimate of drug-likeness (QED) is 0.0518. The number of non-ortho nitro benzene ring substituents is 1. The summed E-state index contributed by atoms with van der Waals surface area (Å²) in [6, 6.07) is 36.3. The van der Waals surface area contributed by atoms with Crippen LogP contribution in [0.25, 0.3) is 87.5 Å². The van der Waals surface area contributed by atoms with E-state index in [1.807, 2.05) is 48.5 Å². The topological polar surface area (TPSA) is 146 Å². The van der Waals surface area contributed by atoms with E-state index in [0.29, 0.717) is 22.1 Å². The summed E-state index contributed by atoms with van der Waals surface area (Å²) < 4.78 is 0. The Morgan fingerprint density at radius 1 is 0.389 bits per heavy atom. The molecule has 0 fully saturated rings. The maximum Gasteiger partial charge on any atom is 0.271 e. The van der Waals surface area contributed by atoms with E-state index in [1.165, 1.54) is 12.1 Å². The van der Waals surface area contributed by atoms with E-state index < -0.39 is 4.92 Å². The summed E-state index contributed by atoms with van der Waals surface area (Å²) in [4.78, 5) is 46.3. The third kappa shape index (κ3) is 6.25. The summed E-state index contributed by atoms with van der Waals surface area (Å²) in [5.41, 5.74) is 7.87. The van der Waals surface area contributed by atoms with Gasteiger partial charge in [-0.15, -0.1) is 0 Å². The molecule has 0 spiro atoms. The van der Waals surface area contributed by atoms with Crippen molar-refractivity contribution in [2.75, 3.05) is 0 Å². The van der Waals surface area contributed by atoms with E-state index in [9.17, 15) is 10.1 Å². The van der Waals surface area contributed by atoms with Gasteiger partial charge in [-0.2, -0.15) is 0 Å². The zero-order valence-electron chi connectivity index (χ0n) is 28.1. The molecule has 12 heteroatoms. The van der Waals surface area contributed by atoms with Crippen molar-refractivity contribution in [3.8, 4) is 0 Å². The van der Waals surface area contributed by atoms with Crippen LogP contribution < -0.4 is 0 Å². The first-order valence-corrected chi connectivity index (χ1v) is 16.7. The molecule has 7 aromatic heterocycles. The first-order valence-electron chi connectivity index (χ1n) is 16.7. The smallest absolute Gasteiger partial charge is 0.258 e. The molecule has 11 aromatic rings. The molecule has 11 rings (SSSR count). The third-order valence-corrected chi connectivity index (χ3v) is 8.90. The second-order valence-electron chi connectivity index (χ2n) is 12.1. The molecule has 258 valence electrons. The second-order valence-corrected chi connectivity index (χ2v) is 12.1. The van der Waals surface area contributed by atoms with Gasteiger partial charge in [-0.3, -0.25) is 40.0 Å². The van der Waals surface area contributed by atoms with Crippen LogP contribution in [0.5, 0.6) is 0 Å². The molecular formula is C42H25N9O2Ru. The zero-order chi connectivity index (χ0) is 35.7. The fourth-order valence-electron chi connectivity index (χ4n) is 6.46. The van der Waals surface area contributed by atoms with E-state index in [-0.39, 0.29) is 25.2 Å². The van der Waals surface area contributed by atoms with Crippen LogP contribution in [0.4, 0.5) is 5.69 Å². The Kier molecular flexibility index (Phi) is 9.17. The number of rotatable bonds is 1. The predicted octanol–water partition coefficient (Wildman–Crippen LogP) is 9.35. The largest absolute Gasteiger partial charge is 0.271 e. The minimum atomic E-state index is -0.435. The number of nitro groups is 1. The molecule has 54 heavy (non-hydrogen) atoms. The van der Waals surface area contributed by atoms with Crippen molar-refractivity contribution >= 4 is 93.2 Å².